The Morgan fingerprint density at radius 3 is 2.60 bits per heavy atom. The van der Waals surface area contributed by atoms with Crippen molar-refractivity contribution in [2.45, 2.75) is 31.4 Å². The second kappa shape index (κ2) is 6.16. The maximum Gasteiger partial charge on any atom is 0.123 e. The van der Waals surface area contributed by atoms with Crippen molar-refractivity contribution in [1.82, 2.24) is 5.48 Å². The summed E-state index contributed by atoms with van der Waals surface area (Å²) in [6, 6.07) is 17.3. The topological polar surface area (TPSA) is 21.3 Å². The van der Waals surface area contributed by atoms with Crippen LogP contribution in [0.4, 0.5) is 4.39 Å². The highest BCUT2D eigenvalue weighted by molar-refractivity contribution is 5.23. The number of hydrogen-bond acceptors (Lipinski definition) is 2. The van der Waals surface area contributed by atoms with Crippen molar-refractivity contribution in [3.05, 3.63) is 71.5 Å². The van der Waals surface area contributed by atoms with Gasteiger partial charge in [-0.1, -0.05) is 42.5 Å². The maximum absolute atomic E-state index is 13.1. The van der Waals surface area contributed by atoms with Gasteiger partial charge in [0, 0.05) is 6.04 Å². The Labute approximate surface area is 118 Å². The number of benzene rings is 2. The van der Waals surface area contributed by atoms with Crippen molar-refractivity contribution in [2.24, 2.45) is 0 Å². The summed E-state index contributed by atoms with van der Waals surface area (Å²) >= 11 is 0. The zero-order valence-electron chi connectivity index (χ0n) is 11.3. The molecule has 1 aliphatic rings. The average Bonchev–Trinajstić information content (AvgIpc) is 2.42. The Morgan fingerprint density at radius 1 is 1.05 bits per heavy atom. The van der Waals surface area contributed by atoms with Crippen molar-refractivity contribution < 1.29 is 9.23 Å². The summed E-state index contributed by atoms with van der Waals surface area (Å²) in [6.07, 6.45) is 2.00. The molecular weight excluding hydrogens is 253 g/mol. The van der Waals surface area contributed by atoms with E-state index < -0.39 is 0 Å². The van der Waals surface area contributed by atoms with Crippen molar-refractivity contribution in [1.29, 1.82) is 0 Å². The molecule has 0 bridgehead atoms. The van der Waals surface area contributed by atoms with Crippen molar-refractivity contribution in [3.63, 3.8) is 0 Å². The fourth-order valence-electron chi connectivity index (χ4n) is 2.56. The number of hydroxylamine groups is 1. The fraction of sp³-hybridized carbons (Fsp3) is 0.294. The van der Waals surface area contributed by atoms with Crippen molar-refractivity contribution >= 4 is 0 Å². The zero-order valence-corrected chi connectivity index (χ0v) is 11.3. The molecule has 0 radical (unpaired) electrons. The largest absolute Gasteiger partial charge is 0.297 e. The molecule has 2 nitrogen and oxygen atoms in total. The van der Waals surface area contributed by atoms with Crippen LogP contribution < -0.4 is 5.48 Å². The van der Waals surface area contributed by atoms with Crippen LogP contribution in [0.5, 0.6) is 0 Å². The van der Waals surface area contributed by atoms with Gasteiger partial charge in [-0.2, -0.15) is 5.48 Å². The minimum absolute atomic E-state index is 0.153. The summed E-state index contributed by atoms with van der Waals surface area (Å²) in [6.45, 7) is 0.571. The first-order chi connectivity index (χ1) is 9.81. The lowest BCUT2D eigenvalue weighted by Gasteiger charge is -2.35. The Balaban J connectivity index is 1.40. The molecule has 3 rings (SSSR count). The molecular formula is C17H18FNO. The molecule has 2 aromatic rings. The third kappa shape index (κ3) is 3.24. The first-order valence-corrected chi connectivity index (χ1v) is 6.98. The van der Waals surface area contributed by atoms with Crippen LogP contribution >= 0.6 is 0 Å². The lowest BCUT2D eigenvalue weighted by Crippen LogP contribution is -2.39. The van der Waals surface area contributed by atoms with Gasteiger partial charge >= 0.3 is 0 Å². The molecule has 104 valence electrons. The quantitative estimate of drug-likeness (QED) is 0.835. The molecule has 0 amide bonds. The Hall–Kier alpha value is -1.71. The maximum atomic E-state index is 13.1. The second-order valence-corrected chi connectivity index (χ2v) is 5.31. The highest BCUT2D eigenvalue weighted by Crippen LogP contribution is 2.36. The Kier molecular flexibility index (Phi) is 4.09. The monoisotopic (exact) mass is 271 g/mol. The summed E-state index contributed by atoms with van der Waals surface area (Å²) in [7, 11) is 0. The molecule has 20 heavy (non-hydrogen) atoms. The van der Waals surface area contributed by atoms with Gasteiger partial charge in [-0.3, -0.25) is 4.84 Å². The number of halogens is 1. The van der Waals surface area contributed by atoms with E-state index in [2.05, 4.69) is 5.48 Å². The molecule has 3 heteroatoms. The molecule has 0 saturated heterocycles. The second-order valence-electron chi connectivity index (χ2n) is 5.31. The van der Waals surface area contributed by atoms with Gasteiger partial charge in [0.05, 0.1) is 6.61 Å². The normalized spacial score (nSPS) is 21.4. The van der Waals surface area contributed by atoms with Gasteiger partial charge in [-0.25, -0.2) is 4.39 Å². The summed E-state index contributed by atoms with van der Waals surface area (Å²) in [5, 5.41) is 0. The van der Waals surface area contributed by atoms with Crippen LogP contribution in [-0.2, 0) is 11.4 Å². The Bertz CT molecular complexity index is 552. The Morgan fingerprint density at radius 2 is 1.85 bits per heavy atom. The summed E-state index contributed by atoms with van der Waals surface area (Å²) in [4.78, 5) is 5.51. The van der Waals surface area contributed by atoms with E-state index in [9.17, 15) is 4.39 Å². The number of rotatable bonds is 5. The smallest absolute Gasteiger partial charge is 0.123 e. The SMILES string of the molecule is Fc1cccc(C2CC(NOCc3ccccc3)C2)c1. The van der Waals surface area contributed by atoms with Crippen LogP contribution in [0.2, 0.25) is 0 Å². The van der Waals surface area contributed by atoms with E-state index in [1.807, 2.05) is 36.4 Å². The molecule has 0 atom stereocenters. The third-order valence-electron chi connectivity index (χ3n) is 3.79. The van der Waals surface area contributed by atoms with E-state index in [4.69, 9.17) is 4.84 Å². The molecule has 0 aliphatic heterocycles. The van der Waals surface area contributed by atoms with E-state index in [1.165, 1.54) is 6.07 Å². The van der Waals surface area contributed by atoms with Crippen molar-refractivity contribution in [2.75, 3.05) is 0 Å². The molecule has 0 aromatic heterocycles. The molecule has 1 N–H and O–H groups in total. The zero-order chi connectivity index (χ0) is 13.8. The molecule has 1 fully saturated rings. The highest BCUT2D eigenvalue weighted by Gasteiger charge is 2.30. The van der Waals surface area contributed by atoms with Crippen LogP contribution in [0, 0.1) is 5.82 Å². The summed E-state index contributed by atoms with van der Waals surface area (Å²) in [5.41, 5.74) is 5.33. The number of hydrogen-bond donors (Lipinski definition) is 1. The average molecular weight is 271 g/mol. The number of nitrogens with one attached hydrogen (secondary N) is 1. The molecule has 1 aliphatic carbocycles. The van der Waals surface area contributed by atoms with E-state index in [0.717, 1.165) is 24.0 Å². The van der Waals surface area contributed by atoms with E-state index in [0.29, 0.717) is 18.6 Å². The predicted octanol–water partition coefficient (Wildman–Crippen LogP) is 3.79. The lowest BCUT2D eigenvalue weighted by atomic mass is 9.76. The van der Waals surface area contributed by atoms with Gasteiger partial charge in [0.25, 0.3) is 0 Å². The fourth-order valence-corrected chi connectivity index (χ4v) is 2.56. The van der Waals surface area contributed by atoms with Gasteiger partial charge in [-0.05, 0) is 42.0 Å². The molecule has 0 heterocycles. The summed E-state index contributed by atoms with van der Waals surface area (Å²) in [5.74, 6) is 0.294. The van der Waals surface area contributed by atoms with Gasteiger partial charge in [-0.15, -0.1) is 0 Å². The van der Waals surface area contributed by atoms with Gasteiger partial charge in [0.15, 0.2) is 0 Å². The summed E-state index contributed by atoms with van der Waals surface area (Å²) < 4.78 is 13.1. The third-order valence-corrected chi connectivity index (χ3v) is 3.79. The van der Waals surface area contributed by atoms with E-state index in [-0.39, 0.29) is 5.82 Å². The minimum Gasteiger partial charge on any atom is -0.297 e. The predicted molar refractivity (Wildman–Crippen MR) is 76.5 cm³/mol. The molecule has 1 saturated carbocycles. The highest BCUT2D eigenvalue weighted by atomic mass is 19.1. The van der Waals surface area contributed by atoms with E-state index >= 15 is 0 Å². The van der Waals surface area contributed by atoms with Crippen LogP contribution in [-0.4, -0.2) is 6.04 Å². The minimum atomic E-state index is -0.153. The standard InChI is InChI=1S/C17H18FNO/c18-16-8-4-7-14(9-16)15-10-17(11-15)19-20-12-13-5-2-1-3-6-13/h1-9,15,17,19H,10-12H2. The van der Waals surface area contributed by atoms with Gasteiger partial charge in [0.2, 0.25) is 0 Å². The van der Waals surface area contributed by atoms with E-state index in [1.54, 1.807) is 12.1 Å². The van der Waals surface area contributed by atoms with Crippen LogP contribution in [0.3, 0.4) is 0 Å². The molecule has 0 unspecified atom stereocenters. The van der Waals surface area contributed by atoms with Crippen molar-refractivity contribution in [3.8, 4) is 0 Å². The molecule has 2 aromatic carbocycles. The lowest BCUT2D eigenvalue weighted by molar-refractivity contribution is -0.0197. The van der Waals surface area contributed by atoms with Crippen LogP contribution in [0.15, 0.2) is 54.6 Å². The van der Waals surface area contributed by atoms with Gasteiger partial charge in [0.1, 0.15) is 5.82 Å². The first kappa shape index (κ1) is 13.3. The van der Waals surface area contributed by atoms with Gasteiger partial charge < -0.3 is 0 Å². The van der Waals surface area contributed by atoms with Crippen LogP contribution in [0.25, 0.3) is 0 Å². The molecule has 0 spiro atoms. The first-order valence-electron chi connectivity index (χ1n) is 6.98. The van der Waals surface area contributed by atoms with Crippen LogP contribution in [0.1, 0.15) is 29.9 Å².